The fraction of sp³-hybridized carbons (Fsp3) is 0.406. The molecular weight excluding hydrogens is 557 g/mol. The number of benzene rings is 2. The van der Waals surface area contributed by atoms with Crippen LogP contribution in [0.2, 0.25) is 0 Å². The zero-order chi connectivity index (χ0) is 30.2. The SMILES string of the molecule is C=C(F)C(=O)N1CCN(c2c(C#N)c(OCC3CCCN3C)nc3c2CCN(c2cccc4ccc(F)c(F)c24)C3)CC1. The van der Waals surface area contributed by atoms with Crippen molar-refractivity contribution in [2.24, 2.45) is 0 Å². The van der Waals surface area contributed by atoms with Crippen molar-refractivity contribution in [1.82, 2.24) is 14.8 Å². The summed E-state index contributed by atoms with van der Waals surface area (Å²) in [7, 11) is 2.05. The number of hydrogen-bond acceptors (Lipinski definition) is 7. The van der Waals surface area contributed by atoms with Gasteiger partial charge in [-0.3, -0.25) is 4.79 Å². The fourth-order valence-electron chi connectivity index (χ4n) is 6.52. The normalized spacial score (nSPS) is 19.0. The van der Waals surface area contributed by atoms with E-state index in [9.17, 15) is 18.8 Å². The summed E-state index contributed by atoms with van der Waals surface area (Å²) in [5.74, 6) is -3.27. The minimum Gasteiger partial charge on any atom is -0.475 e. The van der Waals surface area contributed by atoms with Gasteiger partial charge >= 0.3 is 0 Å². The van der Waals surface area contributed by atoms with Crippen LogP contribution in [-0.4, -0.2) is 79.7 Å². The summed E-state index contributed by atoms with van der Waals surface area (Å²) < 4.78 is 49.1. The Balaban J connectivity index is 1.38. The van der Waals surface area contributed by atoms with Gasteiger partial charge in [0.25, 0.3) is 5.91 Å². The predicted molar refractivity (Wildman–Crippen MR) is 158 cm³/mol. The number of aromatic nitrogens is 1. The van der Waals surface area contributed by atoms with Gasteiger partial charge in [0.1, 0.15) is 18.2 Å². The first kappa shape index (κ1) is 28.8. The molecule has 1 aromatic heterocycles. The maximum Gasteiger partial charge on any atom is 0.282 e. The van der Waals surface area contributed by atoms with Crippen LogP contribution in [0.4, 0.5) is 24.5 Å². The van der Waals surface area contributed by atoms with E-state index >= 15 is 4.39 Å². The molecule has 2 saturated heterocycles. The van der Waals surface area contributed by atoms with Gasteiger partial charge in [-0.05, 0) is 50.4 Å². The number of pyridine rings is 1. The predicted octanol–water partition coefficient (Wildman–Crippen LogP) is 4.55. The molecular formula is C32H33F3N6O2. The van der Waals surface area contributed by atoms with Crippen LogP contribution in [0, 0.1) is 23.0 Å². The maximum absolute atomic E-state index is 15.1. The molecule has 0 saturated carbocycles. The van der Waals surface area contributed by atoms with Crippen molar-refractivity contribution in [3.05, 3.63) is 71.2 Å². The Morgan fingerprint density at radius 2 is 1.91 bits per heavy atom. The lowest BCUT2D eigenvalue weighted by atomic mass is 9.97. The highest BCUT2D eigenvalue weighted by Gasteiger charge is 2.33. The molecule has 11 heteroatoms. The third-order valence-electron chi connectivity index (χ3n) is 8.86. The van der Waals surface area contributed by atoms with Crippen molar-refractivity contribution in [1.29, 1.82) is 5.26 Å². The Bertz CT molecular complexity index is 1630. The van der Waals surface area contributed by atoms with Gasteiger partial charge in [-0.25, -0.2) is 18.2 Å². The van der Waals surface area contributed by atoms with Crippen LogP contribution in [0.5, 0.6) is 5.88 Å². The largest absolute Gasteiger partial charge is 0.475 e. The standard InChI is InChI=1S/C32H33F3N6O2/c1-20(33)32(42)40-15-13-39(14-16-40)30-23-10-12-41(27-7-3-5-21-8-9-25(34)29(35)28(21)27)18-26(23)37-31(24(30)17-36)43-19-22-6-4-11-38(22)2/h3,5,7-9,22H,1,4,6,10-16,18-19H2,2H3. The second-order valence-electron chi connectivity index (χ2n) is 11.4. The van der Waals surface area contributed by atoms with E-state index in [0.29, 0.717) is 67.2 Å². The smallest absolute Gasteiger partial charge is 0.282 e. The van der Waals surface area contributed by atoms with E-state index in [1.54, 1.807) is 18.2 Å². The number of carbonyl (C=O) groups is 1. The maximum atomic E-state index is 15.1. The van der Waals surface area contributed by atoms with E-state index in [0.717, 1.165) is 31.0 Å². The number of anilines is 2. The van der Waals surface area contributed by atoms with Crippen LogP contribution in [0.25, 0.3) is 10.8 Å². The molecule has 3 aromatic rings. The van der Waals surface area contributed by atoms with Crippen LogP contribution < -0.4 is 14.5 Å². The molecule has 0 spiro atoms. The molecule has 6 rings (SSSR count). The minimum atomic E-state index is -0.995. The molecule has 1 unspecified atom stereocenters. The quantitative estimate of drug-likeness (QED) is 0.390. The molecule has 0 aliphatic carbocycles. The van der Waals surface area contributed by atoms with E-state index in [-0.39, 0.29) is 30.4 Å². The van der Waals surface area contributed by atoms with Crippen LogP contribution in [0.1, 0.15) is 29.7 Å². The van der Waals surface area contributed by atoms with Gasteiger partial charge in [-0.15, -0.1) is 0 Å². The Morgan fingerprint density at radius 1 is 1.12 bits per heavy atom. The lowest BCUT2D eigenvalue weighted by molar-refractivity contribution is -0.128. The number of rotatable bonds is 6. The summed E-state index contributed by atoms with van der Waals surface area (Å²) in [5.41, 5.74) is 3.20. The highest BCUT2D eigenvalue weighted by molar-refractivity contribution is 5.95. The lowest BCUT2D eigenvalue weighted by Crippen LogP contribution is -2.49. The number of halogens is 3. The van der Waals surface area contributed by atoms with Crippen molar-refractivity contribution in [3.63, 3.8) is 0 Å². The number of carbonyl (C=O) groups excluding carboxylic acids is 1. The molecule has 0 N–H and O–H groups in total. The van der Waals surface area contributed by atoms with Crippen molar-refractivity contribution in [2.75, 3.05) is 62.7 Å². The molecule has 8 nitrogen and oxygen atoms in total. The lowest BCUT2D eigenvalue weighted by Gasteiger charge is -2.39. The number of fused-ring (bicyclic) bond motifs is 2. The van der Waals surface area contributed by atoms with Gasteiger partial charge in [-0.2, -0.15) is 5.26 Å². The van der Waals surface area contributed by atoms with Crippen LogP contribution in [-0.2, 0) is 17.8 Å². The highest BCUT2D eigenvalue weighted by Crippen LogP contribution is 2.39. The number of nitriles is 1. The Morgan fingerprint density at radius 3 is 2.60 bits per heavy atom. The molecule has 43 heavy (non-hydrogen) atoms. The van der Waals surface area contributed by atoms with E-state index in [2.05, 4.69) is 24.6 Å². The second kappa shape index (κ2) is 11.8. The second-order valence-corrected chi connectivity index (χ2v) is 11.4. The number of hydrogen-bond donors (Lipinski definition) is 0. The van der Waals surface area contributed by atoms with Gasteiger partial charge in [0.2, 0.25) is 5.88 Å². The first-order chi connectivity index (χ1) is 20.8. The number of amides is 1. The molecule has 4 heterocycles. The van der Waals surface area contributed by atoms with E-state index in [1.807, 2.05) is 15.9 Å². The Kier molecular flexibility index (Phi) is 7.88. The van der Waals surface area contributed by atoms with Gasteiger partial charge in [0.05, 0.1) is 17.9 Å². The zero-order valence-corrected chi connectivity index (χ0v) is 24.1. The number of likely N-dealkylation sites (N-methyl/N-ethyl adjacent to an activating group) is 1. The topological polar surface area (TPSA) is 75.9 Å². The molecule has 3 aliphatic heterocycles. The van der Waals surface area contributed by atoms with Crippen LogP contribution in [0.3, 0.4) is 0 Å². The van der Waals surface area contributed by atoms with E-state index in [4.69, 9.17) is 9.72 Å². The average Bonchev–Trinajstić information content (AvgIpc) is 3.44. The summed E-state index contributed by atoms with van der Waals surface area (Å²) >= 11 is 0. The summed E-state index contributed by atoms with van der Waals surface area (Å²) in [6, 6.07) is 10.6. The average molecular weight is 591 g/mol. The van der Waals surface area contributed by atoms with Crippen LogP contribution >= 0.6 is 0 Å². The van der Waals surface area contributed by atoms with Gasteiger partial charge < -0.3 is 24.3 Å². The number of piperazine rings is 1. The third kappa shape index (κ3) is 5.36. The van der Waals surface area contributed by atoms with Crippen molar-refractivity contribution in [2.45, 2.75) is 31.8 Å². The Hall–Kier alpha value is -4.30. The van der Waals surface area contributed by atoms with Crippen molar-refractivity contribution < 1.29 is 22.7 Å². The summed E-state index contributed by atoms with van der Waals surface area (Å²) in [6.07, 6.45) is 2.57. The molecule has 0 bridgehead atoms. The summed E-state index contributed by atoms with van der Waals surface area (Å²) in [5, 5.41) is 11.2. The van der Waals surface area contributed by atoms with Crippen molar-refractivity contribution >= 4 is 28.1 Å². The Labute approximate surface area is 248 Å². The third-order valence-corrected chi connectivity index (χ3v) is 8.86. The zero-order valence-electron chi connectivity index (χ0n) is 24.1. The van der Waals surface area contributed by atoms with E-state index < -0.39 is 23.4 Å². The first-order valence-electron chi connectivity index (χ1n) is 14.6. The first-order valence-corrected chi connectivity index (χ1v) is 14.6. The molecule has 2 aromatic carbocycles. The highest BCUT2D eigenvalue weighted by atomic mass is 19.2. The minimum absolute atomic E-state index is 0.209. The number of nitrogens with zero attached hydrogens (tertiary/aromatic N) is 6. The molecule has 2 fully saturated rings. The summed E-state index contributed by atoms with van der Waals surface area (Å²) in [6.45, 7) is 6.64. The fourth-order valence-corrected chi connectivity index (χ4v) is 6.52. The van der Waals surface area contributed by atoms with Crippen molar-refractivity contribution in [3.8, 4) is 11.9 Å². The van der Waals surface area contributed by atoms with E-state index in [1.165, 1.54) is 4.90 Å². The van der Waals surface area contributed by atoms with Gasteiger partial charge in [0.15, 0.2) is 17.5 Å². The molecule has 1 amide bonds. The molecule has 3 aliphatic rings. The number of likely N-dealkylation sites (tertiary alicyclic amines) is 1. The van der Waals surface area contributed by atoms with Gasteiger partial charge in [0, 0.05) is 55.4 Å². The monoisotopic (exact) mass is 590 g/mol. The molecule has 0 radical (unpaired) electrons. The number of ether oxygens (including phenoxy) is 1. The summed E-state index contributed by atoms with van der Waals surface area (Å²) in [4.78, 5) is 24.7. The van der Waals surface area contributed by atoms with Gasteiger partial charge in [-0.1, -0.05) is 24.8 Å². The molecule has 224 valence electrons. The molecule has 1 atom stereocenters. The van der Waals surface area contributed by atoms with Crippen LogP contribution in [0.15, 0.2) is 42.7 Å².